The van der Waals surface area contributed by atoms with Gasteiger partial charge >= 0.3 is 0 Å². The van der Waals surface area contributed by atoms with Crippen LogP contribution >= 0.6 is 0 Å². The fourth-order valence-corrected chi connectivity index (χ4v) is 2.92. The highest BCUT2D eigenvalue weighted by Crippen LogP contribution is 2.32. The van der Waals surface area contributed by atoms with Gasteiger partial charge in [0.15, 0.2) is 23.2 Å². The first-order valence-electron chi connectivity index (χ1n) is 7.97. The number of rotatable bonds is 4. The molecular formula is C14H18N8O4. The Hall–Kier alpha value is -2.67. The average Bonchev–Trinajstić information content (AvgIpc) is 3.33. The van der Waals surface area contributed by atoms with E-state index in [1.165, 1.54) is 15.6 Å². The van der Waals surface area contributed by atoms with E-state index in [1.807, 2.05) is 0 Å². The summed E-state index contributed by atoms with van der Waals surface area (Å²) in [6.45, 7) is 1.38. The molecule has 12 nitrogen and oxygen atoms in total. The number of nitrogens with one attached hydrogen (secondary N) is 1. The van der Waals surface area contributed by atoms with E-state index in [9.17, 15) is 15.3 Å². The van der Waals surface area contributed by atoms with Gasteiger partial charge in [-0.1, -0.05) is 5.21 Å². The van der Waals surface area contributed by atoms with Crippen molar-refractivity contribution in [1.82, 2.24) is 34.5 Å². The summed E-state index contributed by atoms with van der Waals surface area (Å²) in [5, 5.41) is 40.4. The summed E-state index contributed by atoms with van der Waals surface area (Å²) in [4.78, 5) is 13.1. The van der Waals surface area contributed by atoms with E-state index in [-0.39, 0.29) is 5.95 Å². The molecule has 3 aromatic rings. The molecule has 4 rings (SSSR count). The Morgan fingerprint density at radius 2 is 2.08 bits per heavy atom. The number of aliphatic hydroxyl groups is 3. The molecule has 0 spiro atoms. The number of imidazole rings is 1. The number of hydrogen-bond donors (Lipinski definition) is 4. The number of aliphatic hydroxyl groups excluding tert-OH is 3. The molecule has 0 unspecified atom stereocenters. The summed E-state index contributed by atoms with van der Waals surface area (Å²) >= 11 is 0. The zero-order valence-electron chi connectivity index (χ0n) is 14.1. The Balaban J connectivity index is 1.84. The standard InChI is InChI=1S/C14H18N8O4/c1-6-3-22(20-19-6)14-17-11(15-2)8-12(18-14)21(5-16-8)13-10(25)9(24)7(4-23)26-13/h3,5,7,9-10,13,23-25H,4H2,1-2H3,(H,15,17,18)/t7-,9-,10-,13-/m1/s1. The van der Waals surface area contributed by atoms with Gasteiger partial charge in [0.2, 0.25) is 0 Å². The number of hydrogen-bond acceptors (Lipinski definition) is 10. The van der Waals surface area contributed by atoms with E-state index in [0.29, 0.717) is 22.7 Å². The first kappa shape index (κ1) is 16.8. The number of aryl methyl sites for hydroxylation is 1. The van der Waals surface area contributed by atoms with Crippen molar-refractivity contribution in [3.8, 4) is 5.95 Å². The molecule has 0 saturated carbocycles. The van der Waals surface area contributed by atoms with Gasteiger partial charge < -0.3 is 25.4 Å². The topological polar surface area (TPSA) is 156 Å². The zero-order valence-corrected chi connectivity index (χ0v) is 14.1. The number of anilines is 1. The van der Waals surface area contributed by atoms with Crippen LogP contribution in [0.25, 0.3) is 17.1 Å². The first-order valence-corrected chi connectivity index (χ1v) is 7.97. The van der Waals surface area contributed by atoms with Crippen molar-refractivity contribution < 1.29 is 20.1 Å². The molecule has 26 heavy (non-hydrogen) atoms. The molecule has 1 fully saturated rings. The third kappa shape index (κ3) is 2.50. The minimum Gasteiger partial charge on any atom is -0.394 e. The average molecular weight is 362 g/mol. The third-order valence-electron chi connectivity index (χ3n) is 4.25. The van der Waals surface area contributed by atoms with Crippen LogP contribution in [-0.2, 0) is 4.74 Å². The van der Waals surface area contributed by atoms with Crippen LogP contribution in [0.1, 0.15) is 11.9 Å². The van der Waals surface area contributed by atoms with Crippen LogP contribution in [0.3, 0.4) is 0 Å². The smallest absolute Gasteiger partial charge is 0.256 e. The molecule has 1 saturated heterocycles. The molecule has 12 heteroatoms. The highest BCUT2D eigenvalue weighted by Gasteiger charge is 2.44. The van der Waals surface area contributed by atoms with Gasteiger partial charge in [-0.3, -0.25) is 4.57 Å². The van der Waals surface area contributed by atoms with Gasteiger partial charge in [-0.05, 0) is 6.92 Å². The quantitative estimate of drug-likeness (QED) is 0.425. The van der Waals surface area contributed by atoms with Crippen molar-refractivity contribution in [3.63, 3.8) is 0 Å². The summed E-state index contributed by atoms with van der Waals surface area (Å²) in [7, 11) is 1.70. The maximum atomic E-state index is 10.3. The highest BCUT2D eigenvalue weighted by molar-refractivity contribution is 5.83. The molecular weight excluding hydrogens is 344 g/mol. The number of fused-ring (bicyclic) bond motifs is 1. The summed E-state index contributed by atoms with van der Waals surface area (Å²) in [5.74, 6) is 0.722. The molecule has 0 radical (unpaired) electrons. The van der Waals surface area contributed by atoms with Crippen molar-refractivity contribution in [1.29, 1.82) is 0 Å². The molecule has 4 atom stereocenters. The van der Waals surface area contributed by atoms with E-state index in [1.54, 1.807) is 20.2 Å². The maximum Gasteiger partial charge on any atom is 0.256 e. The zero-order chi connectivity index (χ0) is 18.4. The normalized spacial score (nSPS) is 25.9. The van der Waals surface area contributed by atoms with Gasteiger partial charge in [-0.15, -0.1) is 5.10 Å². The monoisotopic (exact) mass is 362 g/mol. The van der Waals surface area contributed by atoms with Crippen LogP contribution in [0.5, 0.6) is 0 Å². The Morgan fingerprint density at radius 1 is 1.27 bits per heavy atom. The largest absolute Gasteiger partial charge is 0.394 e. The fourth-order valence-electron chi connectivity index (χ4n) is 2.92. The molecule has 1 aliphatic heterocycles. The van der Waals surface area contributed by atoms with Crippen LogP contribution in [-0.4, -0.2) is 81.8 Å². The predicted octanol–water partition coefficient (Wildman–Crippen LogP) is -1.63. The first-order chi connectivity index (χ1) is 12.5. The van der Waals surface area contributed by atoms with E-state index < -0.39 is 31.1 Å². The summed E-state index contributed by atoms with van der Waals surface area (Å²) in [5.41, 5.74) is 1.55. The van der Waals surface area contributed by atoms with E-state index in [4.69, 9.17) is 4.74 Å². The third-order valence-corrected chi connectivity index (χ3v) is 4.25. The van der Waals surface area contributed by atoms with Crippen LogP contribution in [0, 0.1) is 6.92 Å². The molecule has 0 aromatic carbocycles. The molecule has 138 valence electrons. The second kappa shape index (κ2) is 6.25. The van der Waals surface area contributed by atoms with Crippen molar-refractivity contribution >= 4 is 17.0 Å². The Kier molecular flexibility index (Phi) is 4.03. The van der Waals surface area contributed by atoms with Gasteiger partial charge in [0.25, 0.3) is 5.95 Å². The molecule has 4 N–H and O–H groups in total. The summed E-state index contributed by atoms with van der Waals surface area (Å²) in [6, 6.07) is 0. The second-order valence-corrected chi connectivity index (χ2v) is 5.98. The lowest BCUT2D eigenvalue weighted by molar-refractivity contribution is -0.0511. The molecule has 0 amide bonds. The Bertz CT molecular complexity index is 940. The van der Waals surface area contributed by atoms with E-state index in [0.717, 1.165) is 0 Å². The van der Waals surface area contributed by atoms with Gasteiger partial charge in [0.1, 0.15) is 18.3 Å². The van der Waals surface area contributed by atoms with Crippen molar-refractivity contribution in [3.05, 3.63) is 18.2 Å². The maximum absolute atomic E-state index is 10.3. The number of nitrogens with zero attached hydrogens (tertiary/aromatic N) is 7. The minimum atomic E-state index is -1.24. The lowest BCUT2D eigenvalue weighted by Gasteiger charge is -2.16. The Morgan fingerprint density at radius 3 is 2.69 bits per heavy atom. The summed E-state index contributed by atoms with van der Waals surface area (Å²) in [6.07, 6.45) is -1.18. The molecule has 0 aliphatic carbocycles. The van der Waals surface area contributed by atoms with Gasteiger partial charge in [-0.25, -0.2) is 4.98 Å². The van der Waals surface area contributed by atoms with Crippen molar-refractivity contribution in [2.75, 3.05) is 19.0 Å². The van der Waals surface area contributed by atoms with Gasteiger partial charge in [-0.2, -0.15) is 14.6 Å². The van der Waals surface area contributed by atoms with E-state index in [2.05, 4.69) is 30.6 Å². The Labute approximate surface area is 147 Å². The van der Waals surface area contributed by atoms with Crippen molar-refractivity contribution in [2.45, 2.75) is 31.5 Å². The fraction of sp³-hybridized carbons (Fsp3) is 0.500. The number of aromatic nitrogens is 7. The van der Waals surface area contributed by atoms with Crippen LogP contribution in [0.15, 0.2) is 12.5 Å². The second-order valence-electron chi connectivity index (χ2n) is 5.98. The highest BCUT2D eigenvalue weighted by atomic mass is 16.6. The van der Waals surface area contributed by atoms with Crippen molar-refractivity contribution in [2.24, 2.45) is 0 Å². The lowest BCUT2D eigenvalue weighted by Crippen LogP contribution is -2.33. The summed E-state index contributed by atoms with van der Waals surface area (Å²) < 4.78 is 8.48. The molecule has 3 aromatic heterocycles. The predicted molar refractivity (Wildman–Crippen MR) is 87.5 cm³/mol. The van der Waals surface area contributed by atoms with Crippen LogP contribution in [0.2, 0.25) is 0 Å². The molecule has 4 heterocycles. The van der Waals surface area contributed by atoms with Gasteiger partial charge in [0.05, 0.1) is 24.8 Å². The lowest BCUT2D eigenvalue weighted by atomic mass is 10.1. The minimum absolute atomic E-state index is 0.260. The van der Waals surface area contributed by atoms with Gasteiger partial charge in [0, 0.05) is 7.05 Å². The van der Waals surface area contributed by atoms with Crippen LogP contribution < -0.4 is 5.32 Å². The number of ether oxygens (including phenoxy) is 1. The SMILES string of the molecule is CNc1nc(-n2cc(C)nn2)nc2c1ncn2[C@@H]1O[C@H](CO)[C@@H](O)[C@H]1O. The van der Waals surface area contributed by atoms with Crippen LogP contribution in [0.4, 0.5) is 5.82 Å². The molecule has 0 bridgehead atoms. The van der Waals surface area contributed by atoms with E-state index >= 15 is 0 Å². The molecule has 1 aliphatic rings.